The van der Waals surface area contributed by atoms with Gasteiger partial charge in [0.1, 0.15) is 0 Å². The maximum absolute atomic E-state index is 9.17. The van der Waals surface area contributed by atoms with E-state index in [9.17, 15) is 5.11 Å². The van der Waals surface area contributed by atoms with E-state index in [-0.39, 0.29) is 5.92 Å². The van der Waals surface area contributed by atoms with Crippen LogP contribution in [0.4, 0.5) is 0 Å². The Morgan fingerprint density at radius 1 is 1.60 bits per heavy atom. The Bertz CT molecular complexity index is 78.0. The van der Waals surface area contributed by atoms with Crippen molar-refractivity contribution in [2.45, 2.75) is 26.6 Å². The lowest BCUT2D eigenvalue weighted by molar-refractivity contribution is -0.128. The fraction of sp³-hybridized carbons (Fsp3) is 1.00. The van der Waals surface area contributed by atoms with Gasteiger partial charge in [0, 0.05) is 12.5 Å². The van der Waals surface area contributed by atoms with Gasteiger partial charge in [0.2, 0.25) is 0 Å². The number of hydrogen-bond donors (Lipinski definition) is 2. The van der Waals surface area contributed by atoms with Gasteiger partial charge in [0.25, 0.3) is 0 Å². The Hall–Kier alpha value is -0.120. The highest BCUT2D eigenvalue weighted by Gasteiger charge is 2.10. The number of aliphatic hydroxyl groups is 1. The van der Waals surface area contributed by atoms with Gasteiger partial charge in [-0.05, 0) is 6.42 Å². The molecule has 0 radical (unpaired) electrons. The molecule has 10 heavy (non-hydrogen) atoms. The highest BCUT2D eigenvalue weighted by atomic mass is 16.6. The summed E-state index contributed by atoms with van der Waals surface area (Å²) in [6.07, 6.45) is 0.277. The summed E-state index contributed by atoms with van der Waals surface area (Å²) in [4.78, 5) is 0. The smallest absolute Gasteiger partial charge is 0.157 e. The summed E-state index contributed by atoms with van der Waals surface area (Å²) < 4.78 is 4.97. The normalized spacial score (nSPS) is 16.8. The number of hydrogen-bond acceptors (Lipinski definition) is 3. The molecule has 0 aliphatic heterocycles. The van der Waals surface area contributed by atoms with Gasteiger partial charge in [-0.25, -0.2) is 0 Å². The SMILES string of the molecule is CCC(C)C(O)OCCN. The Kier molecular flexibility index (Phi) is 5.58. The summed E-state index contributed by atoms with van der Waals surface area (Å²) in [6.45, 7) is 4.86. The van der Waals surface area contributed by atoms with Crippen molar-refractivity contribution in [2.75, 3.05) is 13.2 Å². The van der Waals surface area contributed by atoms with Crippen molar-refractivity contribution in [1.29, 1.82) is 0 Å². The molecule has 2 atom stereocenters. The van der Waals surface area contributed by atoms with E-state index in [4.69, 9.17) is 10.5 Å². The number of ether oxygens (including phenoxy) is 1. The average molecular weight is 147 g/mol. The fourth-order valence-corrected chi connectivity index (χ4v) is 0.555. The molecule has 0 fully saturated rings. The van der Waals surface area contributed by atoms with Gasteiger partial charge in [-0.3, -0.25) is 0 Å². The van der Waals surface area contributed by atoms with E-state index in [1.54, 1.807) is 0 Å². The molecule has 0 aromatic heterocycles. The quantitative estimate of drug-likeness (QED) is 0.551. The summed E-state index contributed by atoms with van der Waals surface area (Å²) >= 11 is 0. The second kappa shape index (κ2) is 5.65. The van der Waals surface area contributed by atoms with E-state index < -0.39 is 6.29 Å². The van der Waals surface area contributed by atoms with E-state index in [2.05, 4.69) is 0 Å². The van der Waals surface area contributed by atoms with Crippen LogP contribution in [0.3, 0.4) is 0 Å². The van der Waals surface area contributed by atoms with E-state index in [0.29, 0.717) is 13.2 Å². The van der Waals surface area contributed by atoms with Gasteiger partial charge in [-0.15, -0.1) is 0 Å². The molecule has 0 aliphatic carbocycles. The van der Waals surface area contributed by atoms with Crippen molar-refractivity contribution >= 4 is 0 Å². The maximum Gasteiger partial charge on any atom is 0.157 e. The van der Waals surface area contributed by atoms with Gasteiger partial charge >= 0.3 is 0 Å². The van der Waals surface area contributed by atoms with Crippen LogP contribution in [0.5, 0.6) is 0 Å². The molecule has 3 N–H and O–H groups in total. The highest BCUT2D eigenvalue weighted by molar-refractivity contribution is 4.51. The third-order valence-corrected chi connectivity index (χ3v) is 1.54. The topological polar surface area (TPSA) is 55.5 Å². The molecule has 2 unspecified atom stereocenters. The zero-order valence-corrected chi connectivity index (χ0v) is 6.71. The molecular weight excluding hydrogens is 130 g/mol. The predicted octanol–water partition coefficient (Wildman–Crippen LogP) is 0.326. The largest absolute Gasteiger partial charge is 0.368 e. The Balaban J connectivity index is 3.31. The standard InChI is InChI=1S/C7H17NO2/c1-3-6(2)7(9)10-5-4-8/h6-7,9H,3-5,8H2,1-2H3. The molecule has 0 heterocycles. The lowest BCUT2D eigenvalue weighted by Gasteiger charge is -2.16. The average Bonchev–Trinajstić information content (AvgIpc) is 1.98. The number of nitrogens with two attached hydrogens (primary N) is 1. The van der Waals surface area contributed by atoms with Crippen LogP contribution in [0.25, 0.3) is 0 Å². The first kappa shape index (κ1) is 9.88. The summed E-state index contributed by atoms with van der Waals surface area (Å²) in [7, 11) is 0. The monoisotopic (exact) mass is 147 g/mol. The Morgan fingerprint density at radius 2 is 2.20 bits per heavy atom. The van der Waals surface area contributed by atoms with Crippen molar-refractivity contribution in [1.82, 2.24) is 0 Å². The zero-order valence-electron chi connectivity index (χ0n) is 6.71. The van der Waals surface area contributed by atoms with Gasteiger partial charge in [-0.2, -0.15) is 0 Å². The van der Waals surface area contributed by atoms with Crippen LogP contribution < -0.4 is 5.73 Å². The maximum atomic E-state index is 9.17. The van der Waals surface area contributed by atoms with Crippen LogP contribution in [-0.2, 0) is 4.74 Å². The molecular formula is C7H17NO2. The van der Waals surface area contributed by atoms with E-state index in [1.165, 1.54) is 0 Å². The third-order valence-electron chi connectivity index (χ3n) is 1.54. The summed E-state index contributed by atoms with van der Waals surface area (Å²) in [6, 6.07) is 0. The molecule has 3 heteroatoms. The fourth-order valence-electron chi connectivity index (χ4n) is 0.555. The molecule has 3 nitrogen and oxygen atoms in total. The molecule has 0 amide bonds. The van der Waals surface area contributed by atoms with Gasteiger partial charge in [0.05, 0.1) is 6.61 Å². The molecule has 0 aromatic carbocycles. The van der Waals surface area contributed by atoms with Crippen LogP contribution in [0.15, 0.2) is 0 Å². The van der Waals surface area contributed by atoms with Gasteiger partial charge < -0.3 is 15.6 Å². The summed E-state index contributed by atoms with van der Waals surface area (Å²) in [5.41, 5.74) is 5.18. The van der Waals surface area contributed by atoms with E-state index >= 15 is 0 Å². The minimum absolute atomic E-state index is 0.201. The first-order valence-electron chi connectivity index (χ1n) is 3.72. The third kappa shape index (κ3) is 3.82. The van der Waals surface area contributed by atoms with Crippen molar-refractivity contribution in [3.05, 3.63) is 0 Å². The van der Waals surface area contributed by atoms with Crippen LogP contribution >= 0.6 is 0 Å². The highest BCUT2D eigenvalue weighted by Crippen LogP contribution is 2.07. The lowest BCUT2D eigenvalue weighted by Crippen LogP contribution is -2.23. The second-order valence-corrected chi connectivity index (χ2v) is 2.44. The molecule has 0 aromatic rings. The molecule has 62 valence electrons. The van der Waals surface area contributed by atoms with Crippen LogP contribution in [0.1, 0.15) is 20.3 Å². The summed E-state index contributed by atoms with van der Waals surface area (Å²) in [5, 5.41) is 9.17. The van der Waals surface area contributed by atoms with Crippen LogP contribution in [-0.4, -0.2) is 24.5 Å². The summed E-state index contributed by atoms with van der Waals surface area (Å²) in [5.74, 6) is 0.201. The molecule has 0 spiro atoms. The lowest BCUT2D eigenvalue weighted by atomic mass is 10.1. The zero-order chi connectivity index (χ0) is 7.98. The van der Waals surface area contributed by atoms with Gasteiger partial charge in [0.15, 0.2) is 6.29 Å². The van der Waals surface area contributed by atoms with Crippen molar-refractivity contribution in [3.63, 3.8) is 0 Å². The molecule has 0 saturated carbocycles. The predicted molar refractivity (Wildman–Crippen MR) is 40.5 cm³/mol. The first-order chi connectivity index (χ1) is 4.72. The molecule has 0 saturated heterocycles. The van der Waals surface area contributed by atoms with Crippen molar-refractivity contribution < 1.29 is 9.84 Å². The first-order valence-corrected chi connectivity index (χ1v) is 3.72. The van der Waals surface area contributed by atoms with E-state index in [0.717, 1.165) is 6.42 Å². The van der Waals surface area contributed by atoms with Crippen LogP contribution in [0, 0.1) is 5.92 Å². The van der Waals surface area contributed by atoms with E-state index in [1.807, 2.05) is 13.8 Å². The van der Waals surface area contributed by atoms with Crippen LogP contribution in [0.2, 0.25) is 0 Å². The second-order valence-electron chi connectivity index (χ2n) is 2.44. The molecule has 0 rings (SSSR count). The van der Waals surface area contributed by atoms with Crippen molar-refractivity contribution in [3.8, 4) is 0 Å². The Morgan fingerprint density at radius 3 is 2.60 bits per heavy atom. The minimum Gasteiger partial charge on any atom is -0.368 e. The minimum atomic E-state index is -0.645. The Labute approximate surface area is 62.2 Å². The number of rotatable bonds is 5. The molecule has 0 bridgehead atoms. The molecule has 0 aliphatic rings. The van der Waals surface area contributed by atoms with Crippen molar-refractivity contribution in [2.24, 2.45) is 11.7 Å². The van der Waals surface area contributed by atoms with Gasteiger partial charge in [-0.1, -0.05) is 13.8 Å². The number of aliphatic hydroxyl groups excluding tert-OH is 1.